The number of nitrogens with two attached hydrogens (primary N) is 1. The summed E-state index contributed by atoms with van der Waals surface area (Å²) in [6.07, 6.45) is 1.31. The van der Waals surface area contributed by atoms with Crippen LogP contribution in [-0.4, -0.2) is 42.1 Å². The van der Waals surface area contributed by atoms with E-state index in [-0.39, 0.29) is 23.2 Å². The van der Waals surface area contributed by atoms with Gasteiger partial charge in [-0.1, -0.05) is 24.8 Å². The first-order valence-corrected chi connectivity index (χ1v) is 13.2. The maximum Gasteiger partial charge on any atom is 0.267 e. The highest BCUT2D eigenvalue weighted by Crippen LogP contribution is 2.28. The van der Waals surface area contributed by atoms with Crippen LogP contribution in [0, 0.1) is 0 Å². The zero-order valence-corrected chi connectivity index (χ0v) is 17.2. The average Bonchev–Trinajstić information content (AvgIpc) is 3.07. The number of methoxy groups -OCH3 is 1. The lowest BCUT2D eigenvalue weighted by Crippen LogP contribution is -2.34. The Morgan fingerprint density at radius 3 is 2.58 bits per heavy atom. The van der Waals surface area contributed by atoms with Crippen LogP contribution in [0.5, 0.6) is 5.75 Å². The van der Waals surface area contributed by atoms with Gasteiger partial charge in [0.1, 0.15) is 18.7 Å². The number of rotatable bonds is 9. The Balaban J connectivity index is 2.26. The van der Waals surface area contributed by atoms with E-state index in [1.165, 1.54) is 37.6 Å². The molecule has 8 nitrogen and oxygen atoms in total. The highest BCUT2D eigenvalue weighted by Gasteiger charge is 2.28. The predicted octanol–water partition coefficient (Wildman–Crippen LogP) is 2.77. The van der Waals surface area contributed by atoms with Gasteiger partial charge in [-0.3, -0.25) is 0 Å². The minimum atomic E-state index is -3.93. The molecule has 144 valence electrons. The van der Waals surface area contributed by atoms with Crippen molar-refractivity contribution in [1.82, 2.24) is 5.16 Å². The van der Waals surface area contributed by atoms with E-state index in [4.69, 9.17) is 19.7 Å². The first kappa shape index (κ1) is 20.3. The van der Waals surface area contributed by atoms with E-state index in [0.717, 1.165) is 10.3 Å². The summed E-state index contributed by atoms with van der Waals surface area (Å²) in [6, 6.07) is 6.67. The van der Waals surface area contributed by atoms with Gasteiger partial charge in [-0.05, 0) is 18.2 Å². The summed E-state index contributed by atoms with van der Waals surface area (Å²) >= 11 is 0. The fraction of sp³-hybridized carbons (Fsp3) is 0.438. The minimum absolute atomic E-state index is 0.0281. The number of nitrogens with zero attached hydrogens (tertiary/aromatic N) is 2. The smallest absolute Gasteiger partial charge is 0.267 e. The molecule has 0 aliphatic heterocycles. The van der Waals surface area contributed by atoms with Crippen molar-refractivity contribution in [2.75, 3.05) is 30.5 Å². The monoisotopic (exact) mass is 399 g/mol. The van der Waals surface area contributed by atoms with Gasteiger partial charge >= 0.3 is 0 Å². The summed E-state index contributed by atoms with van der Waals surface area (Å²) in [5, 5.41) is 3.74. The van der Waals surface area contributed by atoms with Gasteiger partial charge in [0, 0.05) is 26.8 Å². The fourth-order valence-corrected chi connectivity index (χ4v) is 4.16. The Labute approximate surface area is 154 Å². The van der Waals surface area contributed by atoms with Gasteiger partial charge in [-0.2, -0.15) is 0 Å². The third kappa shape index (κ3) is 4.99. The Morgan fingerprint density at radius 1 is 1.27 bits per heavy atom. The molecule has 0 bridgehead atoms. The largest absolute Gasteiger partial charge is 0.495 e. The first-order valence-electron chi connectivity index (χ1n) is 8.09. The highest BCUT2D eigenvalue weighted by atomic mass is 32.2. The number of aromatic nitrogens is 1. The molecule has 0 saturated heterocycles. The number of nitrogen functional groups attached to an aromatic ring is 1. The van der Waals surface area contributed by atoms with Gasteiger partial charge in [-0.25, -0.2) is 12.7 Å². The van der Waals surface area contributed by atoms with Crippen LogP contribution in [0.1, 0.15) is 0 Å². The maximum atomic E-state index is 13.1. The molecule has 0 saturated carbocycles. The van der Waals surface area contributed by atoms with Crippen LogP contribution in [0.15, 0.2) is 39.9 Å². The number of hydrogen-bond donors (Lipinski definition) is 1. The van der Waals surface area contributed by atoms with Crippen LogP contribution in [0.2, 0.25) is 25.7 Å². The first-order chi connectivity index (χ1) is 12.1. The lowest BCUT2D eigenvalue weighted by atomic mass is 10.3. The van der Waals surface area contributed by atoms with Crippen molar-refractivity contribution in [2.24, 2.45) is 0 Å². The van der Waals surface area contributed by atoms with Gasteiger partial charge < -0.3 is 19.7 Å². The summed E-state index contributed by atoms with van der Waals surface area (Å²) in [7, 11) is -3.78. The van der Waals surface area contributed by atoms with Crippen molar-refractivity contribution >= 4 is 29.6 Å². The van der Waals surface area contributed by atoms with Gasteiger partial charge in [-0.15, -0.1) is 0 Å². The molecule has 1 aromatic heterocycles. The molecule has 0 radical (unpaired) electrons. The van der Waals surface area contributed by atoms with E-state index in [1.807, 2.05) is 0 Å². The third-order valence-corrected chi connectivity index (χ3v) is 7.10. The Hall–Kier alpha value is -2.04. The third-order valence-electron chi connectivity index (χ3n) is 3.68. The lowest BCUT2D eigenvalue weighted by molar-refractivity contribution is 0.155. The molecule has 2 aromatic rings. The number of sulfonamides is 1. The van der Waals surface area contributed by atoms with Gasteiger partial charge in [0.05, 0.1) is 17.7 Å². The second kappa shape index (κ2) is 8.10. The van der Waals surface area contributed by atoms with Crippen molar-refractivity contribution in [1.29, 1.82) is 0 Å². The second-order valence-electron chi connectivity index (χ2n) is 6.96. The normalized spacial score (nSPS) is 12.2. The lowest BCUT2D eigenvalue weighted by Gasteiger charge is -2.23. The fourth-order valence-electron chi connectivity index (χ4n) is 2.10. The summed E-state index contributed by atoms with van der Waals surface area (Å²) in [5.41, 5.74) is 6.12. The summed E-state index contributed by atoms with van der Waals surface area (Å²) in [6.45, 7) is 6.99. The van der Waals surface area contributed by atoms with E-state index in [2.05, 4.69) is 24.8 Å². The standard InChI is InChI=1S/C16H25N3O5SSi/c1-22-15-11-13(5-6-14(15)17)25(20,21)19(16-7-8-24-18-16)12-23-9-10-26(2,3)4/h5-8,11H,9-10,12,17H2,1-4H3. The molecule has 2 N–H and O–H groups in total. The molecular formula is C16H25N3O5SSi. The molecule has 1 aromatic carbocycles. The van der Waals surface area contributed by atoms with Crippen molar-refractivity contribution < 1.29 is 22.4 Å². The molecule has 0 unspecified atom stereocenters. The molecular weight excluding hydrogens is 374 g/mol. The van der Waals surface area contributed by atoms with Gasteiger partial charge in [0.15, 0.2) is 5.82 Å². The molecule has 0 aliphatic carbocycles. The Kier molecular flexibility index (Phi) is 6.32. The van der Waals surface area contributed by atoms with Gasteiger partial charge in [0.25, 0.3) is 10.0 Å². The Morgan fingerprint density at radius 2 is 2.00 bits per heavy atom. The SMILES string of the molecule is COc1cc(S(=O)(=O)N(COCC[Si](C)(C)C)c2ccon2)ccc1N. The molecule has 0 aliphatic rings. The molecule has 0 spiro atoms. The van der Waals surface area contributed by atoms with Crippen molar-refractivity contribution in [3.8, 4) is 5.75 Å². The molecule has 1 heterocycles. The predicted molar refractivity (Wildman–Crippen MR) is 103 cm³/mol. The van der Waals surface area contributed by atoms with Crippen LogP contribution in [0.3, 0.4) is 0 Å². The van der Waals surface area contributed by atoms with Crippen LogP contribution >= 0.6 is 0 Å². The maximum absolute atomic E-state index is 13.1. The van der Waals surface area contributed by atoms with Crippen molar-refractivity contribution in [3.63, 3.8) is 0 Å². The van der Waals surface area contributed by atoms with E-state index in [9.17, 15) is 8.42 Å². The number of ether oxygens (including phenoxy) is 2. The van der Waals surface area contributed by atoms with E-state index < -0.39 is 18.1 Å². The quantitative estimate of drug-likeness (QED) is 0.299. The minimum Gasteiger partial charge on any atom is -0.495 e. The molecule has 10 heteroatoms. The number of benzene rings is 1. The molecule has 0 atom stereocenters. The summed E-state index contributed by atoms with van der Waals surface area (Å²) in [4.78, 5) is 0.0281. The molecule has 0 fully saturated rings. The second-order valence-corrected chi connectivity index (χ2v) is 14.4. The number of hydrogen-bond acceptors (Lipinski definition) is 7. The number of anilines is 2. The van der Waals surface area contributed by atoms with E-state index >= 15 is 0 Å². The van der Waals surface area contributed by atoms with E-state index in [1.54, 1.807) is 0 Å². The van der Waals surface area contributed by atoms with Crippen LogP contribution in [0.25, 0.3) is 0 Å². The average molecular weight is 400 g/mol. The van der Waals surface area contributed by atoms with Crippen LogP contribution in [0.4, 0.5) is 11.5 Å². The molecule has 2 rings (SSSR count). The zero-order valence-electron chi connectivity index (χ0n) is 15.4. The highest BCUT2D eigenvalue weighted by molar-refractivity contribution is 7.92. The van der Waals surface area contributed by atoms with Gasteiger partial charge in [0.2, 0.25) is 0 Å². The Bertz CT molecular complexity index is 819. The summed E-state index contributed by atoms with van der Waals surface area (Å²) < 4.78 is 42.8. The molecule has 0 amide bonds. The summed E-state index contributed by atoms with van der Waals surface area (Å²) in [5.74, 6) is 0.430. The van der Waals surface area contributed by atoms with Crippen LogP contribution in [-0.2, 0) is 14.8 Å². The van der Waals surface area contributed by atoms with Crippen molar-refractivity contribution in [2.45, 2.75) is 30.6 Å². The zero-order chi connectivity index (χ0) is 19.4. The van der Waals surface area contributed by atoms with E-state index in [0.29, 0.717) is 12.3 Å². The topological polar surface area (TPSA) is 108 Å². The molecule has 26 heavy (non-hydrogen) atoms. The van der Waals surface area contributed by atoms with Crippen LogP contribution < -0.4 is 14.8 Å². The van der Waals surface area contributed by atoms with Crippen molar-refractivity contribution in [3.05, 3.63) is 30.5 Å².